The van der Waals surface area contributed by atoms with Gasteiger partial charge in [-0.1, -0.05) is 29.3 Å². The number of amides is 1. The van der Waals surface area contributed by atoms with Gasteiger partial charge in [0.2, 0.25) is 0 Å². The third-order valence-corrected chi connectivity index (χ3v) is 6.13. The Hall–Kier alpha value is -2.67. The van der Waals surface area contributed by atoms with Crippen molar-refractivity contribution >= 4 is 57.8 Å². The van der Waals surface area contributed by atoms with E-state index in [9.17, 15) is 9.90 Å². The van der Waals surface area contributed by atoms with Crippen molar-refractivity contribution in [2.24, 2.45) is 4.99 Å². The molecule has 2 aromatic carbocycles. The number of aromatic hydroxyl groups is 1. The molecular formula is C21H14Cl2N2O3S. The van der Waals surface area contributed by atoms with E-state index in [1.54, 1.807) is 66.6 Å². The Morgan fingerprint density at radius 1 is 1.10 bits per heavy atom. The highest BCUT2D eigenvalue weighted by molar-refractivity contribution is 8.18. The van der Waals surface area contributed by atoms with Crippen molar-refractivity contribution < 1.29 is 14.3 Å². The maximum atomic E-state index is 12.3. The average molecular weight is 445 g/mol. The molecule has 0 atom stereocenters. The number of hydrogen-bond donors (Lipinski definition) is 1. The van der Waals surface area contributed by atoms with E-state index in [0.29, 0.717) is 37.2 Å². The van der Waals surface area contributed by atoms with Crippen LogP contribution >= 0.6 is 35.0 Å². The molecule has 1 N–H and O–H groups in total. The standard InChI is InChI=1S/C21H14Cl2N2O3S/c1-25(12-5-7-13(26)8-6-12)21-24-20(27)18(29-21)11-14-9-10-17(28-14)15-3-2-4-16(22)19(15)23/h2-11,26H,1H3. The maximum Gasteiger partial charge on any atom is 0.286 e. The molecule has 0 fully saturated rings. The lowest BCUT2D eigenvalue weighted by molar-refractivity contribution is -0.113. The molecule has 0 saturated carbocycles. The predicted octanol–water partition coefficient (Wildman–Crippen LogP) is 6.07. The summed E-state index contributed by atoms with van der Waals surface area (Å²) in [5.74, 6) is 0.903. The van der Waals surface area contributed by atoms with E-state index in [1.165, 1.54) is 11.8 Å². The van der Waals surface area contributed by atoms with Crippen molar-refractivity contribution in [1.29, 1.82) is 0 Å². The molecule has 1 amide bonds. The van der Waals surface area contributed by atoms with Crippen molar-refractivity contribution in [3.63, 3.8) is 0 Å². The zero-order valence-corrected chi connectivity index (χ0v) is 17.4. The van der Waals surface area contributed by atoms with Crippen LogP contribution in [-0.2, 0) is 4.79 Å². The molecule has 5 nitrogen and oxygen atoms in total. The van der Waals surface area contributed by atoms with Crippen LogP contribution < -0.4 is 4.90 Å². The molecule has 3 aromatic rings. The number of carbonyl (C=O) groups excluding carboxylic acids is 1. The van der Waals surface area contributed by atoms with Crippen LogP contribution in [0.1, 0.15) is 5.76 Å². The van der Waals surface area contributed by atoms with Gasteiger partial charge >= 0.3 is 0 Å². The van der Waals surface area contributed by atoms with E-state index in [1.807, 2.05) is 6.07 Å². The molecule has 1 aliphatic heterocycles. The second-order valence-electron chi connectivity index (χ2n) is 6.19. The minimum absolute atomic E-state index is 0.174. The van der Waals surface area contributed by atoms with E-state index in [0.717, 1.165) is 5.69 Å². The molecule has 0 spiro atoms. The Morgan fingerprint density at radius 2 is 1.86 bits per heavy atom. The Labute approximate surface area is 181 Å². The molecule has 29 heavy (non-hydrogen) atoms. The molecule has 0 bridgehead atoms. The van der Waals surface area contributed by atoms with Gasteiger partial charge in [0.05, 0.1) is 15.0 Å². The van der Waals surface area contributed by atoms with E-state index >= 15 is 0 Å². The summed E-state index contributed by atoms with van der Waals surface area (Å²) in [5, 5.41) is 10.8. The summed E-state index contributed by atoms with van der Waals surface area (Å²) in [7, 11) is 1.81. The number of hydrogen-bond acceptors (Lipinski definition) is 5. The third-order valence-electron chi connectivity index (χ3n) is 4.25. The van der Waals surface area contributed by atoms with Gasteiger partial charge in [-0.25, -0.2) is 0 Å². The minimum Gasteiger partial charge on any atom is -0.508 e. The van der Waals surface area contributed by atoms with Gasteiger partial charge in [-0.3, -0.25) is 4.79 Å². The van der Waals surface area contributed by atoms with Crippen LogP contribution in [0.3, 0.4) is 0 Å². The van der Waals surface area contributed by atoms with Crippen molar-refractivity contribution in [3.8, 4) is 17.1 Å². The number of phenols is 1. The number of aliphatic imine (C=N–C) groups is 1. The highest BCUT2D eigenvalue weighted by atomic mass is 35.5. The first-order valence-electron chi connectivity index (χ1n) is 8.52. The zero-order valence-electron chi connectivity index (χ0n) is 15.1. The van der Waals surface area contributed by atoms with Crippen LogP contribution in [0.15, 0.2) is 68.9 Å². The van der Waals surface area contributed by atoms with Gasteiger partial charge in [0.15, 0.2) is 5.17 Å². The van der Waals surface area contributed by atoms with Crippen molar-refractivity contribution in [2.75, 3.05) is 11.9 Å². The van der Waals surface area contributed by atoms with Gasteiger partial charge < -0.3 is 14.4 Å². The topological polar surface area (TPSA) is 66.0 Å². The number of thioether (sulfide) groups is 1. The summed E-state index contributed by atoms with van der Waals surface area (Å²) in [6.45, 7) is 0. The summed E-state index contributed by atoms with van der Waals surface area (Å²) >= 11 is 13.6. The first-order valence-corrected chi connectivity index (χ1v) is 10.1. The lowest BCUT2D eigenvalue weighted by Crippen LogP contribution is -2.21. The van der Waals surface area contributed by atoms with Gasteiger partial charge in [-0.15, -0.1) is 0 Å². The molecule has 0 saturated heterocycles. The molecule has 0 radical (unpaired) electrons. The largest absolute Gasteiger partial charge is 0.508 e. The Balaban J connectivity index is 1.54. The van der Waals surface area contributed by atoms with Gasteiger partial charge in [0.25, 0.3) is 5.91 Å². The summed E-state index contributed by atoms with van der Waals surface area (Å²) in [5.41, 5.74) is 1.48. The number of halogens is 2. The van der Waals surface area contributed by atoms with Crippen LogP contribution in [0.2, 0.25) is 10.0 Å². The van der Waals surface area contributed by atoms with E-state index < -0.39 is 0 Å². The van der Waals surface area contributed by atoms with Crippen LogP contribution in [0, 0.1) is 0 Å². The second kappa shape index (κ2) is 7.99. The Kier molecular flexibility index (Phi) is 5.41. The summed E-state index contributed by atoms with van der Waals surface area (Å²) < 4.78 is 5.83. The fraction of sp³-hybridized carbons (Fsp3) is 0.0476. The van der Waals surface area contributed by atoms with Crippen molar-refractivity contribution in [3.05, 3.63) is 75.3 Å². The fourth-order valence-electron chi connectivity index (χ4n) is 2.73. The number of carbonyl (C=O) groups is 1. The molecule has 2 heterocycles. The molecule has 0 unspecified atom stereocenters. The Morgan fingerprint density at radius 3 is 2.62 bits per heavy atom. The fourth-order valence-corrected chi connectivity index (χ4v) is 4.00. The van der Waals surface area contributed by atoms with Crippen LogP contribution in [0.25, 0.3) is 17.4 Å². The zero-order chi connectivity index (χ0) is 20.5. The number of furan rings is 1. The minimum atomic E-state index is -0.339. The summed E-state index contributed by atoms with van der Waals surface area (Å²) in [6.07, 6.45) is 1.65. The number of amidine groups is 1. The third kappa shape index (κ3) is 4.05. The number of benzene rings is 2. The summed E-state index contributed by atoms with van der Waals surface area (Å²) in [4.78, 5) is 18.7. The maximum absolute atomic E-state index is 12.3. The van der Waals surface area contributed by atoms with E-state index in [2.05, 4.69) is 4.99 Å². The predicted molar refractivity (Wildman–Crippen MR) is 119 cm³/mol. The van der Waals surface area contributed by atoms with Gasteiger partial charge in [0.1, 0.15) is 17.3 Å². The highest BCUT2D eigenvalue weighted by Gasteiger charge is 2.25. The SMILES string of the molecule is CN(C1=NC(=O)C(=Cc2ccc(-c3cccc(Cl)c3Cl)o2)S1)c1ccc(O)cc1. The van der Waals surface area contributed by atoms with E-state index in [-0.39, 0.29) is 11.7 Å². The first-order chi connectivity index (χ1) is 13.9. The molecule has 0 aliphatic carbocycles. The lowest BCUT2D eigenvalue weighted by atomic mass is 10.2. The smallest absolute Gasteiger partial charge is 0.286 e. The van der Waals surface area contributed by atoms with Gasteiger partial charge in [-0.05, 0) is 60.3 Å². The normalized spacial score (nSPS) is 15.1. The highest BCUT2D eigenvalue weighted by Crippen LogP contribution is 2.36. The van der Waals surface area contributed by atoms with Crippen molar-refractivity contribution in [1.82, 2.24) is 0 Å². The Bertz CT molecular complexity index is 1150. The first kappa shape index (κ1) is 19.6. The van der Waals surface area contributed by atoms with Gasteiger partial charge in [0, 0.05) is 24.4 Å². The lowest BCUT2D eigenvalue weighted by Gasteiger charge is -2.17. The molecule has 1 aromatic heterocycles. The van der Waals surface area contributed by atoms with Crippen LogP contribution in [-0.4, -0.2) is 23.2 Å². The quantitative estimate of drug-likeness (QED) is 0.496. The molecule has 8 heteroatoms. The van der Waals surface area contributed by atoms with Crippen LogP contribution in [0.4, 0.5) is 5.69 Å². The van der Waals surface area contributed by atoms with Gasteiger partial charge in [-0.2, -0.15) is 4.99 Å². The molecule has 146 valence electrons. The monoisotopic (exact) mass is 444 g/mol. The average Bonchev–Trinajstić information content (AvgIpc) is 3.31. The molecule has 4 rings (SSSR count). The number of nitrogens with zero attached hydrogens (tertiary/aromatic N) is 2. The van der Waals surface area contributed by atoms with Crippen LogP contribution in [0.5, 0.6) is 5.75 Å². The number of anilines is 1. The molecule has 1 aliphatic rings. The molecular weight excluding hydrogens is 431 g/mol. The number of phenolic OH excluding ortho intramolecular Hbond substituents is 1. The summed E-state index contributed by atoms with van der Waals surface area (Å²) in [6, 6.07) is 15.5. The van der Waals surface area contributed by atoms with Crippen molar-refractivity contribution in [2.45, 2.75) is 0 Å². The number of rotatable bonds is 3. The second-order valence-corrected chi connectivity index (χ2v) is 7.98. The van der Waals surface area contributed by atoms with E-state index in [4.69, 9.17) is 27.6 Å².